The Morgan fingerprint density at radius 1 is 0.652 bits per heavy atom. The van der Waals surface area contributed by atoms with Gasteiger partial charge < -0.3 is 0 Å². The van der Waals surface area contributed by atoms with Crippen LogP contribution in [0.2, 0.25) is 0 Å². The molecule has 0 aromatic carbocycles. The van der Waals surface area contributed by atoms with E-state index in [1.807, 2.05) is 85.1 Å². The van der Waals surface area contributed by atoms with Gasteiger partial charge in [0.25, 0.3) is 0 Å². The molecule has 1 heterocycles. The molecule has 23 heavy (non-hydrogen) atoms. The standard InChI is InChI=1S/C20H18N2.ClH/c21-19-20-15-11-7-4-2-1-3-5-9-13-17-22-18-14-10-6-8-12-16-20;/h1-18H;1H. The molecule has 0 bridgehead atoms. The molecular formula is C20H19ClN2. The summed E-state index contributed by atoms with van der Waals surface area (Å²) in [5.74, 6) is 0. The molecule has 0 fully saturated rings. The van der Waals surface area contributed by atoms with Gasteiger partial charge in [0, 0.05) is 12.4 Å². The van der Waals surface area contributed by atoms with Crippen molar-refractivity contribution in [3.8, 4) is 6.07 Å². The Bertz CT molecular complexity index is 658. The smallest absolute Gasteiger partial charge is 0.0991 e. The molecule has 0 atom stereocenters. The Morgan fingerprint density at radius 3 is 1.83 bits per heavy atom. The molecule has 1 aliphatic rings. The van der Waals surface area contributed by atoms with E-state index in [0.717, 1.165) is 0 Å². The van der Waals surface area contributed by atoms with Gasteiger partial charge in [-0.3, -0.25) is 4.99 Å². The van der Waals surface area contributed by atoms with Crippen LogP contribution >= 0.6 is 12.4 Å². The highest BCUT2D eigenvalue weighted by molar-refractivity contribution is 5.85. The first kappa shape index (κ1) is 20.1. The van der Waals surface area contributed by atoms with Gasteiger partial charge in [0.2, 0.25) is 0 Å². The summed E-state index contributed by atoms with van der Waals surface area (Å²) in [6.07, 6.45) is 33.3. The predicted octanol–water partition coefficient (Wildman–Crippen LogP) is 5.35. The van der Waals surface area contributed by atoms with Gasteiger partial charge in [-0.25, -0.2) is 0 Å². The van der Waals surface area contributed by atoms with Crippen LogP contribution in [0.5, 0.6) is 0 Å². The predicted molar refractivity (Wildman–Crippen MR) is 103 cm³/mol. The van der Waals surface area contributed by atoms with Crippen LogP contribution in [0.3, 0.4) is 0 Å². The number of allylic oxidation sites excluding steroid dienone is 17. The number of nitrogens with zero attached hydrogens (tertiary/aromatic N) is 2. The Labute approximate surface area is 144 Å². The van der Waals surface area contributed by atoms with Gasteiger partial charge in [-0.2, -0.15) is 5.26 Å². The van der Waals surface area contributed by atoms with E-state index in [1.165, 1.54) is 0 Å². The molecule has 0 radical (unpaired) electrons. The molecule has 116 valence electrons. The summed E-state index contributed by atoms with van der Waals surface area (Å²) in [7, 11) is 0. The van der Waals surface area contributed by atoms with Crippen LogP contribution < -0.4 is 0 Å². The lowest BCUT2D eigenvalue weighted by molar-refractivity contribution is 1.50. The van der Waals surface area contributed by atoms with E-state index in [4.69, 9.17) is 5.26 Å². The molecule has 2 nitrogen and oxygen atoms in total. The summed E-state index contributed by atoms with van der Waals surface area (Å²) in [5.41, 5.74) is 0.595. The van der Waals surface area contributed by atoms with Crippen molar-refractivity contribution < 1.29 is 0 Å². The van der Waals surface area contributed by atoms with Gasteiger partial charge in [0.15, 0.2) is 0 Å². The Kier molecular flexibility index (Phi) is 13.6. The molecular weight excluding hydrogens is 304 g/mol. The fourth-order valence-electron chi connectivity index (χ4n) is 1.34. The maximum absolute atomic E-state index is 9.00. The van der Waals surface area contributed by atoms with Crippen LogP contribution in [-0.2, 0) is 0 Å². The molecule has 3 heteroatoms. The third-order valence-corrected chi connectivity index (χ3v) is 2.36. The highest BCUT2D eigenvalue weighted by Crippen LogP contribution is 1.96. The second-order valence-electron chi connectivity index (χ2n) is 4.04. The molecule has 0 saturated heterocycles. The van der Waals surface area contributed by atoms with Gasteiger partial charge in [-0.1, -0.05) is 72.9 Å². The number of hydrogen-bond donors (Lipinski definition) is 0. The third-order valence-electron chi connectivity index (χ3n) is 2.36. The first-order valence-corrected chi connectivity index (χ1v) is 6.90. The van der Waals surface area contributed by atoms with Crippen molar-refractivity contribution in [2.75, 3.05) is 0 Å². The Balaban J connectivity index is 0.00000484. The number of aliphatic imine (C=N–C) groups is 1. The number of rotatable bonds is 0. The summed E-state index contributed by atoms with van der Waals surface area (Å²) in [6, 6.07) is 2.13. The number of nitriles is 1. The van der Waals surface area contributed by atoms with Crippen LogP contribution in [0.1, 0.15) is 0 Å². The van der Waals surface area contributed by atoms with Crippen LogP contribution in [-0.4, -0.2) is 6.21 Å². The van der Waals surface area contributed by atoms with Gasteiger partial charge in [-0.15, -0.1) is 12.4 Å². The van der Waals surface area contributed by atoms with Crippen LogP contribution in [0.25, 0.3) is 0 Å². The highest BCUT2D eigenvalue weighted by Gasteiger charge is 1.82. The summed E-state index contributed by atoms with van der Waals surface area (Å²) in [5, 5.41) is 9.00. The quantitative estimate of drug-likeness (QED) is 0.592. The normalized spacial score (nSPS) is 15.0. The number of hydrogen-bond acceptors (Lipinski definition) is 2. The van der Waals surface area contributed by atoms with E-state index in [9.17, 15) is 0 Å². The number of halogens is 1. The van der Waals surface area contributed by atoms with Crippen LogP contribution in [0.4, 0.5) is 0 Å². The minimum absolute atomic E-state index is 0. The second-order valence-corrected chi connectivity index (χ2v) is 4.04. The summed E-state index contributed by atoms with van der Waals surface area (Å²) in [4.78, 5) is 4.09. The van der Waals surface area contributed by atoms with Crippen molar-refractivity contribution in [1.29, 1.82) is 5.26 Å². The fraction of sp³-hybridized carbons (Fsp3) is 0. The van der Waals surface area contributed by atoms with E-state index >= 15 is 0 Å². The zero-order chi connectivity index (χ0) is 15.7. The van der Waals surface area contributed by atoms with Crippen molar-refractivity contribution in [2.45, 2.75) is 0 Å². The van der Waals surface area contributed by atoms with Gasteiger partial charge in [0.1, 0.15) is 0 Å². The molecule has 1 rings (SSSR count). The molecule has 0 amide bonds. The fourth-order valence-corrected chi connectivity index (χ4v) is 1.34. The molecule has 1 aliphatic heterocycles. The largest absolute Gasteiger partial charge is 0.265 e. The second kappa shape index (κ2) is 15.5. The lowest BCUT2D eigenvalue weighted by Gasteiger charge is -1.83. The van der Waals surface area contributed by atoms with E-state index in [0.29, 0.717) is 5.57 Å². The first-order chi connectivity index (χ1) is 10.9. The summed E-state index contributed by atoms with van der Waals surface area (Å²) >= 11 is 0. The molecule has 0 aromatic heterocycles. The SMILES string of the molecule is Cl.N#CC1=CC=CC=CC=CC=CC=CN=CC=CC=CC=C1. The van der Waals surface area contributed by atoms with E-state index in [-0.39, 0.29) is 12.4 Å². The average Bonchev–Trinajstić information content (AvgIpc) is 2.54. The van der Waals surface area contributed by atoms with Gasteiger partial charge >= 0.3 is 0 Å². The lowest BCUT2D eigenvalue weighted by atomic mass is 10.2. The van der Waals surface area contributed by atoms with Crippen LogP contribution in [0.15, 0.2) is 114 Å². The molecule has 0 unspecified atom stereocenters. The van der Waals surface area contributed by atoms with E-state index in [2.05, 4.69) is 11.1 Å². The van der Waals surface area contributed by atoms with Crippen LogP contribution in [0, 0.1) is 11.3 Å². The first-order valence-electron chi connectivity index (χ1n) is 6.90. The lowest BCUT2D eigenvalue weighted by Crippen LogP contribution is -1.68. The van der Waals surface area contributed by atoms with Gasteiger partial charge in [-0.05, 0) is 24.3 Å². The molecule has 0 N–H and O–H groups in total. The molecule has 0 saturated carbocycles. The highest BCUT2D eigenvalue weighted by atomic mass is 35.5. The average molecular weight is 323 g/mol. The van der Waals surface area contributed by atoms with Crippen molar-refractivity contribution in [2.24, 2.45) is 4.99 Å². The molecule has 0 spiro atoms. The Hall–Kier alpha value is -2.89. The zero-order valence-corrected chi connectivity index (χ0v) is 13.5. The zero-order valence-electron chi connectivity index (χ0n) is 12.7. The summed E-state index contributed by atoms with van der Waals surface area (Å²) < 4.78 is 0. The van der Waals surface area contributed by atoms with Crippen molar-refractivity contribution in [3.05, 3.63) is 109 Å². The van der Waals surface area contributed by atoms with Crippen molar-refractivity contribution in [1.82, 2.24) is 0 Å². The monoisotopic (exact) mass is 322 g/mol. The Morgan fingerprint density at radius 2 is 1.17 bits per heavy atom. The van der Waals surface area contributed by atoms with E-state index < -0.39 is 0 Å². The van der Waals surface area contributed by atoms with Crippen molar-refractivity contribution in [3.63, 3.8) is 0 Å². The van der Waals surface area contributed by atoms with Crippen molar-refractivity contribution >= 4 is 18.6 Å². The minimum atomic E-state index is 0. The third kappa shape index (κ3) is 12.6. The maximum atomic E-state index is 9.00. The maximum Gasteiger partial charge on any atom is 0.0991 e. The molecule has 0 aliphatic carbocycles. The molecule has 0 aromatic rings. The van der Waals surface area contributed by atoms with E-state index in [1.54, 1.807) is 24.6 Å². The van der Waals surface area contributed by atoms with Gasteiger partial charge in [0.05, 0.1) is 11.6 Å². The topological polar surface area (TPSA) is 36.1 Å². The minimum Gasteiger partial charge on any atom is -0.265 e. The summed E-state index contributed by atoms with van der Waals surface area (Å²) in [6.45, 7) is 0.